The van der Waals surface area contributed by atoms with E-state index in [1.165, 1.54) is 6.07 Å². The molecule has 0 saturated carbocycles. The van der Waals surface area contributed by atoms with Crippen molar-refractivity contribution in [3.63, 3.8) is 0 Å². The molecule has 0 unspecified atom stereocenters. The van der Waals surface area contributed by atoms with Crippen molar-refractivity contribution in [2.45, 2.75) is 13.8 Å². The molecule has 3 nitrogen and oxygen atoms in total. The molecule has 0 spiro atoms. The normalized spacial score (nSPS) is 10.2. The molecular weight excluding hydrogens is 287 g/mol. The fourth-order valence-corrected chi connectivity index (χ4v) is 2.38. The number of nitrogens with two attached hydrogens (primary N) is 1. The first-order valence-corrected chi connectivity index (χ1v) is 6.78. The summed E-state index contributed by atoms with van der Waals surface area (Å²) in [5.41, 5.74) is 8.02. The Morgan fingerprint density at radius 2 is 1.76 bits per heavy atom. The van der Waals surface area contributed by atoms with E-state index in [9.17, 15) is 9.18 Å². The van der Waals surface area contributed by atoms with E-state index in [0.29, 0.717) is 16.8 Å². The van der Waals surface area contributed by atoms with Gasteiger partial charge in [-0.3, -0.25) is 4.79 Å². The zero-order valence-corrected chi connectivity index (χ0v) is 12.6. The van der Waals surface area contributed by atoms with Crippen LogP contribution in [0.3, 0.4) is 0 Å². The molecule has 0 saturated heterocycles. The van der Waals surface area contributed by atoms with Gasteiger partial charge in [-0.1, -0.05) is 36.5 Å². The van der Waals surface area contributed by atoms with Crippen molar-refractivity contribution in [2.75, 3.05) is 5.32 Å². The minimum Gasteiger partial charge on any atom is -0.389 e. The fraction of sp³-hybridized carbons (Fsp3) is 0.125. The third kappa shape index (κ3) is 3.08. The topological polar surface area (TPSA) is 55.1 Å². The van der Waals surface area contributed by atoms with Crippen molar-refractivity contribution >= 4 is 28.8 Å². The average molecular weight is 302 g/mol. The zero-order chi connectivity index (χ0) is 15.6. The molecule has 2 aromatic rings. The second-order valence-electron chi connectivity index (χ2n) is 4.75. The molecule has 108 valence electrons. The van der Waals surface area contributed by atoms with Gasteiger partial charge in [-0.15, -0.1) is 0 Å². The summed E-state index contributed by atoms with van der Waals surface area (Å²) in [5.74, 6) is -1.06. The lowest BCUT2D eigenvalue weighted by atomic mass is 10.1. The highest BCUT2D eigenvalue weighted by Gasteiger charge is 2.16. The maximum Gasteiger partial charge on any atom is 0.258 e. The van der Waals surface area contributed by atoms with Crippen LogP contribution in [0, 0.1) is 19.7 Å². The van der Waals surface area contributed by atoms with Gasteiger partial charge in [0.05, 0.1) is 11.3 Å². The number of anilines is 1. The molecule has 0 aliphatic rings. The summed E-state index contributed by atoms with van der Waals surface area (Å²) < 4.78 is 14.0. The number of halogens is 1. The molecule has 0 aliphatic heterocycles. The van der Waals surface area contributed by atoms with Gasteiger partial charge in [0.25, 0.3) is 5.91 Å². The Bertz CT molecular complexity index is 728. The second kappa shape index (κ2) is 6.01. The van der Waals surface area contributed by atoms with E-state index in [0.717, 1.165) is 5.56 Å². The number of thiocarbonyl (C=S) groups is 1. The van der Waals surface area contributed by atoms with Gasteiger partial charge in [-0.2, -0.15) is 0 Å². The lowest BCUT2D eigenvalue weighted by Crippen LogP contribution is -2.19. The van der Waals surface area contributed by atoms with Crippen LogP contribution >= 0.6 is 12.2 Å². The van der Waals surface area contributed by atoms with Gasteiger partial charge in [-0.25, -0.2) is 4.39 Å². The number of nitrogens with one attached hydrogen (secondary N) is 1. The lowest BCUT2D eigenvalue weighted by molar-refractivity contribution is 0.102. The van der Waals surface area contributed by atoms with Crippen LogP contribution in [0.5, 0.6) is 0 Å². The fourth-order valence-electron chi connectivity index (χ4n) is 2.11. The number of rotatable bonds is 3. The van der Waals surface area contributed by atoms with E-state index in [4.69, 9.17) is 18.0 Å². The van der Waals surface area contributed by atoms with Crippen LogP contribution in [0.2, 0.25) is 0 Å². The summed E-state index contributed by atoms with van der Waals surface area (Å²) in [6.07, 6.45) is 0. The molecular formula is C16H15FN2OS. The van der Waals surface area contributed by atoms with Crippen LogP contribution in [0.25, 0.3) is 0 Å². The van der Waals surface area contributed by atoms with Gasteiger partial charge in [0, 0.05) is 5.56 Å². The lowest BCUT2D eigenvalue weighted by Gasteiger charge is -2.13. The molecule has 2 rings (SSSR count). The number of benzene rings is 2. The van der Waals surface area contributed by atoms with Gasteiger partial charge in [0.15, 0.2) is 0 Å². The van der Waals surface area contributed by atoms with Crippen molar-refractivity contribution < 1.29 is 9.18 Å². The first-order chi connectivity index (χ1) is 9.91. The Morgan fingerprint density at radius 3 is 2.43 bits per heavy atom. The third-order valence-electron chi connectivity index (χ3n) is 3.20. The predicted octanol–water partition coefficient (Wildman–Crippen LogP) is 3.33. The maximum atomic E-state index is 14.0. The number of carbonyl (C=O) groups excluding carboxylic acids is 1. The Balaban J connectivity index is 2.39. The molecule has 0 aromatic heterocycles. The molecule has 0 heterocycles. The predicted molar refractivity (Wildman–Crippen MR) is 86.2 cm³/mol. The first-order valence-electron chi connectivity index (χ1n) is 6.37. The summed E-state index contributed by atoms with van der Waals surface area (Å²) in [6.45, 7) is 3.45. The van der Waals surface area contributed by atoms with Crippen LogP contribution in [0.4, 0.5) is 10.1 Å². The molecule has 1 amide bonds. The smallest absolute Gasteiger partial charge is 0.258 e. The average Bonchev–Trinajstić information content (AvgIpc) is 2.41. The van der Waals surface area contributed by atoms with Crippen molar-refractivity contribution in [1.29, 1.82) is 0 Å². The van der Waals surface area contributed by atoms with E-state index in [-0.39, 0.29) is 10.6 Å². The summed E-state index contributed by atoms with van der Waals surface area (Å²) in [6, 6.07) is 10.00. The van der Waals surface area contributed by atoms with Gasteiger partial charge < -0.3 is 11.1 Å². The summed E-state index contributed by atoms with van der Waals surface area (Å²) in [4.78, 5) is 12.4. The minimum atomic E-state index is -0.528. The van der Waals surface area contributed by atoms with Crippen LogP contribution in [0.15, 0.2) is 36.4 Å². The molecule has 2 aromatic carbocycles. The monoisotopic (exact) mass is 302 g/mol. The minimum absolute atomic E-state index is 0.00889. The summed E-state index contributed by atoms with van der Waals surface area (Å²) >= 11 is 5.01. The molecule has 3 N–H and O–H groups in total. The van der Waals surface area contributed by atoms with Gasteiger partial charge in [0.2, 0.25) is 0 Å². The van der Waals surface area contributed by atoms with E-state index in [1.807, 2.05) is 13.0 Å². The number of carbonyl (C=O) groups is 1. The maximum absolute atomic E-state index is 14.0. The van der Waals surface area contributed by atoms with Crippen molar-refractivity contribution in [2.24, 2.45) is 5.73 Å². The Labute approximate surface area is 128 Å². The molecule has 0 aliphatic carbocycles. The highest BCUT2D eigenvalue weighted by molar-refractivity contribution is 7.80. The number of amides is 1. The van der Waals surface area contributed by atoms with Gasteiger partial charge in [-0.05, 0) is 37.1 Å². The van der Waals surface area contributed by atoms with Crippen LogP contribution < -0.4 is 11.1 Å². The van der Waals surface area contributed by atoms with E-state index >= 15 is 0 Å². The van der Waals surface area contributed by atoms with Gasteiger partial charge >= 0.3 is 0 Å². The standard InChI is InChI=1S/C16H15FN2OS/c1-9-5-4-8-12(13(9)15(18)21)19-16(20)11-7-3-6-10(2)14(11)17/h3-8H,1-2H3,(H2,18,21)(H,19,20). The quantitative estimate of drug-likeness (QED) is 0.855. The second-order valence-corrected chi connectivity index (χ2v) is 5.19. The largest absolute Gasteiger partial charge is 0.389 e. The molecule has 0 bridgehead atoms. The first kappa shape index (κ1) is 15.1. The number of aryl methyl sites for hydroxylation is 2. The van der Waals surface area contributed by atoms with Crippen LogP contribution in [-0.2, 0) is 0 Å². The van der Waals surface area contributed by atoms with Crippen molar-refractivity contribution in [3.8, 4) is 0 Å². The summed E-state index contributed by atoms with van der Waals surface area (Å²) in [5, 5.41) is 2.67. The Hall–Kier alpha value is -2.27. The number of hydrogen-bond acceptors (Lipinski definition) is 2. The highest BCUT2D eigenvalue weighted by atomic mass is 32.1. The van der Waals surface area contributed by atoms with E-state index < -0.39 is 11.7 Å². The molecule has 5 heteroatoms. The molecule has 0 radical (unpaired) electrons. The van der Waals surface area contributed by atoms with E-state index in [1.54, 1.807) is 31.2 Å². The SMILES string of the molecule is Cc1cccc(C(=O)Nc2cccc(C)c2C(N)=S)c1F. The van der Waals surface area contributed by atoms with Crippen LogP contribution in [-0.4, -0.2) is 10.9 Å². The zero-order valence-electron chi connectivity index (χ0n) is 11.7. The van der Waals surface area contributed by atoms with E-state index in [2.05, 4.69) is 5.32 Å². The third-order valence-corrected chi connectivity index (χ3v) is 3.41. The highest BCUT2D eigenvalue weighted by Crippen LogP contribution is 2.21. The van der Waals surface area contributed by atoms with Crippen LogP contribution in [0.1, 0.15) is 27.0 Å². The summed E-state index contributed by atoms with van der Waals surface area (Å²) in [7, 11) is 0. The van der Waals surface area contributed by atoms with Crippen molar-refractivity contribution in [1.82, 2.24) is 0 Å². The Kier molecular flexibility index (Phi) is 4.33. The van der Waals surface area contributed by atoms with Crippen molar-refractivity contribution in [3.05, 3.63) is 64.5 Å². The number of hydrogen-bond donors (Lipinski definition) is 2. The Morgan fingerprint density at radius 1 is 1.14 bits per heavy atom. The van der Waals surface area contributed by atoms with Gasteiger partial charge in [0.1, 0.15) is 10.8 Å². The molecule has 0 fully saturated rings. The molecule has 21 heavy (non-hydrogen) atoms. The molecule has 0 atom stereocenters.